The van der Waals surface area contributed by atoms with Crippen molar-refractivity contribution >= 4 is 23.9 Å². The number of halogens is 4. The van der Waals surface area contributed by atoms with Crippen LogP contribution in [0, 0.1) is 48.3 Å². The minimum Gasteiger partial charge on any atom is -0.465 e. The molecule has 10 rings (SSSR count). The van der Waals surface area contributed by atoms with E-state index in [1.165, 1.54) is 60.8 Å². The lowest BCUT2D eigenvalue weighted by Crippen LogP contribution is -2.55. The zero-order valence-electron chi connectivity index (χ0n) is 34.7. The fourth-order valence-electron chi connectivity index (χ4n) is 12.9. The van der Waals surface area contributed by atoms with Crippen LogP contribution in [0.1, 0.15) is 120 Å². The van der Waals surface area contributed by atoms with Crippen LogP contribution in [0.25, 0.3) is 0 Å². The van der Waals surface area contributed by atoms with Crippen molar-refractivity contribution in [1.29, 1.82) is 0 Å². The van der Waals surface area contributed by atoms with Gasteiger partial charge in [-0.1, -0.05) is 59.7 Å². The summed E-state index contributed by atoms with van der Waals surface area (Å²) in [6, 6.07) is 17.7. The second-order valence-electron chi connectivity index (χ2n) is 19.8. The predicted octanol–water partition coefficient (Wildman–Crippen LogP) is 9.54. The van der Waals surface area contributed by atoms with Crippen molar-refractivity contribution in [1.82, 2.24) is 0 Å². The topological polar surface area (TPSA) is 105 Å². The van der Waals surface area contributed by atoms with Crippen LogP contribution in [-0.2, 0) is 49.0 Å². The quantitative estimate of drug-likeness (QED) is 0.112. The lowest BCUT2D eigenvalue weighted by atomic mass is 9.43. The smallest absolute Gasteiger partial charge is 0.377 e. The summed E-state index contributed by atoms with van der Waals surface area (Å²) >= 11 is 0. The first-order chi connectivity index (χ1) is 27.7. The van der Waals surface area contributed by atoms with Crippen LogP contribution in [0.3, 0.4) is 0 Å². The molecule has 4 atom stereocenters. The Morgan fingerprint density at radius 3 is 1.32 bits per heavy atom. The standard InChI is InChI=1S/C24H30F2O4.C23H28F2O4/c1-16-3-5-19(6-4-16)24-12-17-9-18(13-24)11-23(10-17,14-24)15-30-20(27)7-8-29-21(28)22(2,25)26;1-15-3-5-18(6-4-15)23-10-16-7-17(11-23)9-22(8-16,13-23)14-29-19(26)12-28-20(27)21(2,24)25/h3-6,17-18H,7-15H2,1-2H3;3-6,16-17H,7-14H2,1-2H3. The first-order valence-corrected chi connectivity index (χ1v) is 21.2. The summed E-state index contributed by atoms with van der Waals surface area (Å²) in [5.41, 5.74) is 5.54. The van der Waals surface area contributed by atoms with E-state index in [1.54, 1.807) is 0 Å². The Bertz CT molecular complexity index is 1850. The van der Waals surface area contributed by atoms with Gasteiger partial charge < -0.3 is 18.9 Å². The van der Waals surface area contributed by atoms with Gasteiger partial charge in [-0.15, -0.1) is 0 Å². The van der Waals surface area contributed by atoms with Crippen LogP contribution in [0.15, 0.2) is 48.5 Å². The summed E-state index contributed by atoms with van der Waals surface area (Å²) in [4.78, 5) is 46.4. The van der Waals surface area contributed by atoms with Crippen LogP contribution < -0.4 is 0 Å². The van der Waals surface area contributed by atoms with E-state index in [-0.39, 0.29) is 41.3 Å². The van der Waals surface area contributed by atoms with Gasteiger partial charge in [0.1, 0.15) is 6.61 Å². The van der Waals surface area contributed by atoms with Gasteiger partial charge in [-0.2, -0.15) is 17.6 Å². The van der Waals surface area contributed by atoms with Gasteiger partial charge in [-0.3, -0.25) is 4.79 Å². The highest BCUT2D eigenvalue weighted by Gasteiger charge is 2.60. The number of alkyl halides is 4. The van der Waals surface area contributed by atoms with Crippen molar-refractivity contribution in [2.45, 2.75) is 134 Å². The summed E-state index contributed by atoms with van der Waals surface area (Å²) in [7, 11) is 0. The Hall–Kier alpha value is -3.96. The summed E-state index contributed by atoms with van der Waals surface area (Å²) in [6.45, 7) is 4.60. The summed E-state index contributed by atoms with van der Waals surface area (Å²) < 4.78 is 71.2. The molecule has 0 amide bonds. The molecule has 8 bridgehead atoms. The zero-order chi connectivity index (χ0) is 42.4. The number of carbonyl (C=O) groups is 4. The van der Waals surface area contributed by atoms with E-state index in [1.807, 2.05) is 0 Å². The van der Waals surface area contributed by atoms with E-state index in [0.717, 1.165) is 38.5 Å². The van der Waals surface area contributed by atoms with Crippen molar-refractivity contribution in [2.24, 2.45) is 34.5 Å². The van der Waals surface area contributed by atoms with Crippen LogP contribution in [0.4, 0.5) is 17.6 Å². The van der Waals surface area contributed by atoms with Gasteiger partial charge in [0.2, 0.25) is 0 Å². The lowest BCUT2D eigenvalue weighted by Gasteiger charge is -2.62. The molecule has 2 aromatic carbocycles. The summed E-state index contributed by atoms with van der Waals surface area (Å²) in [6.07, 6.45) is 13.4. The summed E-state index contributed by atoms with van der Waals surface area (Å²) in [5, 5.41) is 0. The highest BCUT2D eigenvalue weighted by atomic mass is 19.3. The molecular weight excluding hydrogens is 769 g/mol. The first-order valence-electron chi connectivity index (χ1n) is 21.2. The molecular formula is C47H58F4O8. The molecule has 0 N–H and O–H groups in total. The van der Waals surface area contributed by atoms with Crippen LogP contribution in [0.5, 0.6) is 0 Å². The van der Waals surface area contributed by atoms with Crippen molar-refractivity contribution in [3.63, 3.8) is 0 Å². The largest absolute Gasteiger partial charge is 0.465 e. The van der Waals surface area contributed by atoms with Gasteiger partial charge in [-0.25, -0.2) is 14.4 Å². The molecule has 59 heavy (non-hydrogen) atoms. The zero-order valence-corrected chi connectivity index (χ0v) is 34.7. The minimum atomic E-state index is -3.61. The van der Waals surface area contributed by atoms with Crippen molar-refractivity contribution in [2.75, 3.05) is 26.4 Å². The number of hydrogen-bond acceptors (Lipinski definition) is 8. The molecule has 0 aliphatic heterocycles. The molecule has 0 spiro atoms. The molecule has 4 unspecified atom stereocenters. The Morgan fingerprint density at radius 2 is 0.932 bits per heavy atom. The first kappa shape index (κ1) is 43.1. The number of ether oxygens (including phenoxy) is 4. The van der Waals surface area contributed by atoms with Gasteiger partial charge in [0.05, 0.1) is 19.6 Å². The highest BCUT2D eigenvalue weighted by Crippen LogP contribution is 2.67. The molecule has 2 aromatic rings. The van der Waals surface area contributed by atoms with E-state index >= 15 is 0 Å². The molecule has 8 nitrogen and oxygen atoms in total. The second-order valence-corrected chi connectivity index (χ2v) is 19.8. The van der Waals surface area contributed by atoms with E-state index in [9.17, 15) is 36.7 Å². The van der Waals surface area contributed by atoms with E-state index in [4.69, 9.17) is 9.47 Å². The highest BCUT2D eigenvalue weighted by molar-refractivity contribution is 5.80. The SMILES string of the molecule is Cc1ccc(C23CC4CC(CC(COC(=O)CCOC(=O)C(C)(F)F)(C4)C2)C3)cc1.Cc1ccc(C23CC4CC(CC(COC(=O)COC(=O)C(C)(F)F)(C4)C2)C3)cc1. The molecule has 8 aliphatic carbocycles. The normalized spacial score (nSPS) is 32.5. The van der Waals surface area contributed by atoms with Gasteiger partial charge in [0.25, 0.3) is 0 Å². The average Bonchev–Trinajstić information content (AvgIpc) is 3.14. The number of benzene rings is 2. The van der Waals surface area contributed by atoms with Crippen LogP contribution in [-0.4, -0.2) is 62.1 Å². The van der Waals surface area contributed by atoms with E-state index in [2.05, 4.69) is 71.9 Å². The van der Waals surface area contributed by atoms with Gasteiger partial charge in [-0.05, 0) is 137 Å². The molecule has 0 saturated heterocycles. The fourth-order valence-corrected chi connectivity index (χ4v) is 12.9. The Labute approximate surface area is 344 Å². The van der Waals surface area contributed by atoms with Crippen LogP contribution >= 0.6 is 0 Å². The van der Waals surface area contributed by atoms with Gasteiger partial charge in [0.15, 0.2) is 6.61 Å². The Kier molecular flexibility index (Phi) is 11.8. The fraction of sp³-hybridized carbons (Fsp3) is 0.660. The molecule has 12 heteroatoms. The minimum absolute atomic E-state index is 0.00223. The molecule has 322 valence electrons. The average molecular weight is 827 g/mol. The number of carbonyl (C=O) groups excluding carboxylic acids is 4. The number of esters is 4. The van der Waals surface area contributed by atoms with Crippen LogP contribution in [0.2, 0.25) is 0 Å². The molecule has 0 radical (unpaired) electrons. The lowest BCUT2D eigenvalue weighted by molar-refractivity contribution is -0.178. The maximum absolute atomic E-state index is 12.9. The van der Waals surface area contributed by atoms with Crippen molar-refractivity contribution in [3.8, 4) is 0 Å². The molecule has 8 saturated carbocycles. The van der Waals surface area contributed by atoms with Crippen molar-refractivity contribution < 1.29 is 55.7 Å². The van der Waals surface area contributed by atoms with E-state index < -0.39 is 42.3 Å². The third-order valence-electron chi connectivity index (χ3n) is 14.3. The second kappa shape index (κ2) is 16.1. The molecule has 8 aliphatic rings. The van der Waals surface area contributed by atoms with Gasteiger partial charge >= 0.3 is 35.7 Å². The monoisotopic (exact) mass is 826 g/mol. The van der Waals surface area contributed by atoms with Gasteiger partial charge in [0, 0.05) is 24.7 Å². The molecule has 0 aromatic heterocycles. The number of rotatable bonds is 13. The molecule has 8 fully saturated rings. The third-order valence-corrected chi connectivity index (χ3v) is 14.3. The Morgan fingerprint density at radius 1 is 0.559 bits per heavy atom. The van der Waals surface area contributed by atoms with E-state index in [0.29, 0.717) is 44.1 Å². The number of aryl methyl sites for hydroxylation is 2. The molecule has 0 heterocycles. The van der Waals surface area contributed by atoms with Crippen molar-refractivity contribution in [3.05, 3.63) is 70.8 Å². The summed E-state index contributed by atoms with van der Waals surface area (Å²) in [5.74, 6) is -9.14. The Balaban J connectivity index is 0.000000179. The predicted molar refractivity (Wildman–Crippen MR) is 210 cm³/mol. The number of hydrogen-bond donors (Lipinski definition) is 0. The third kappa shape index (κ3) is 9.67. The maximum atomic E-state index is 12.9. The maximum Gasteiger partial charge on any atom is 0.377 e.